The monoisotopic (exact) mass is 495 g/mol. The molecule has 1 aromatic carbocycles. The maximum Gasteiger partial charge on any atom is 0.359 e. The van der Waals surface area contributed by atoms with E-state index in [9.17, 15) is 23.8 Å². The zero-order valence-corrected chi connectivity index (χ0v) is 20.8. The number of rotatable bonds is 10. The lowest BCUT2D eigenvalue weighted by Crippen LogP contribution is -2.53. The molecule has 0 spiro atoms. The topological polar surface area (TPSA) is 134 Å². The number of methoxy groups -OCH3 is 1. The third kappa shape index (κ3) is 6.24. The van der Waals surface area contributed by atoms with Crippen LogP contribution in [0.5, 0.6) is 0 Å². The Kier molecular flexibility index (Phi) is 8.87. The number of nitrogens with zero attached hydrogens (tertiary/aromatic N) is 1. The van der Waals surface area contributed by atoms with E-state index in [1.807, 2.05) is 7.05 Å². The first-order chi connectivity index (χ1) is 16.2. The molecule has 10 nitrogen and oxygen atoms in total. The van der Waals surface area contributed by atoms with E-state index >= 15 is 0 Å². The number of fused-ring (bicyclic) bond motifs is 2. The van der Waals surface area contributed by atoms with Crippen LogP contribution >= 0.6 is 7.60 Å². The number of piperidine rings is 1. The number of ether oxygens (including phenoxy) is 1. The molecule has 4 unspecified atom stereocenters. The average Bonchev–Trinajstić information content (AvgIpc) is 3.05. The minimum atomic E-state index is -4.16. The molecule has 2 aliphatic rings. The first kappa shape index (κ1) is 26.3. The van der Waals surface area contributed by atoms with Crippen LogP contribution in [0.3, 0.4) is 0 Å². The van der Waals surface area contributed by atoms with Gasteiger partial charge in [0.15, 0.2) is 0 Å². The molecule has 0 saturated carbocycles. The maximum absolute atomic E-state index is 13.1. The zero-order chi connectivity index (χ0) is 24.9. The second kappa shape index (κ2) is 11.4. The number of hydrogen-bond donors (Lipinski definition) is 3. The molecule has 0 aliphatic carbocycles. The van der Waals surface area contributed by atoms with E-state index in [4.69, 9.17) is 9.26 Å². The number of benzene rings is 1. The highest BCUT2D eigenvalue weighted by atomic mass is 31.2. The fourth-order valence-electron chi connectivity index (χ4n) is 4.86. The Bertz CT molecular complexity index is 939. The van der Waals surface area contributed by atoms with Gasteiger partial charge in [-0.2, -0.15) is 0 Å². The van der Waals surface area contributed by atoms with E-state index in [-0.39, 0.29) is 42.0 Å². The number of esters is 1. The first-order valence-corrected chi connectivity index (χ1v) is 13.1. The van der Waals surface area contributed by atoms with E-state index in [0.29, 0.717) is 19.4 Å². The lowest BCUT2D eigenvalue weighted by atomic mass is 9.88. The van der Waals surface area contributed by atoms with Crippen molar-refractivity contribution in [3.63, 3.8) is 0 Å². The van der Waals surface area contributed by atoms with Crippen LogP contribution in [0.4, 0.5) is 0 Å². The molecule has 5 atom stereocenters. The van der Waals surface area contributed by atoms with Crippen LogP contribution in [0.2, 0.25) is 0 Å². The van der Waals surface area contributed by atoms with Crippen LogP contribution in [-0.4, -0.2) is 73.5 Å². The van der Waals surface area contributed by atoms with Crippen molar-refractivity contribution in [1.29, 1.82) is 0 Å². The summed E-state index contributed by atoms with van der Waals surface area (Å²) < 4.78 is 23.8. The van der Waals surface area contributed by atoms with Gasteiger partial charge in [-0.15, -0.1) is 0 Å². The molecule has 188 valence electrons. The molecule has 2 fully saturated rings. The van der Waals surface area contributed by atoms with Crippen LogP contribution in [0, 0.1) is 5.92 Å². The van der Waals surface area contributed by atoms with E-state index < -0.39 is 25.6 Å². The van der Waals surface area contributed by atoms with Gasteiger partial charge in [-0.1, -0.05) is 12.1 Å². The molecule has 11 heteroatoms. The molecule has 3 N–H and O–H groups in total. The molecule has 2 heterocycles. The second-order valence-electron chi connectivity index (χ2n) is 8.85. The number of carbonyl (C=O) groups is 3. The van der Waals surface area contributed by atoms with Gasteiger partial charge >= 0.3 is 13.6 Å². The number of carbonyl (C=O) groups excluding carboxylic acids is 3. The Balaban J connectivity index is 1.57. The third-order valence-corrected chi connectivity index (χ3v) is 8.33. The predicted molar refractivity (Wildman–Crippen MR) is 125 cm³/mol. The standard InChI is InChI=1S/C23H34N3O7P/c1-24-20(27)10-11-21(28)25-13-12-15-4-7-17(8-5-15)34(30,31)33-19-14-16-6-9-18(26(16)2)22(19)23(29)32-3/h4-5,7-8,16,18-19,22H,6,9-14H2,1-3H3,(H,24,27)(H,25,28)(H,30,31)/t16?,18?,19?,22-/m1/s1. The van der Waals surface area contributed by atoms with Crippen molar-refractivity contribution in [1.82, 2.24) is 15.5 Å². The van der Waals surface area contributed by atoms with Gasteiger partial charge in [0.25, 0.3) is 0 Å². The van der Waals surface area contributed by atoms with Gasteiger partial charge in [0.1, 0.15) is 0 Å². The van der Waals surface area contributed by atoms with Crippen LogP contribution in [0.25, 0.3) is 0 Å². The second-order valence-corrected chi connectivity index (χ2v) is 10.6. The van der Waals surface area contributed by atoms with Crippen molar-refractivity contribution >= 4 is 30.7 Å². The highest BCUT2D eigenvalue weighted by Gasteiger charge is 2.51. The lowest BCUT2D eigenvalue weighted by molar-refractivity contribution is -0.154. The molecule has 2 bridgehead atoms. The third-order valence-electron chi connectivity index (χ3n) is 6.82. The summed E-state index contributed by atoms with van der Waals surface area (Å²) in [6.07, 6.45) is 2.34. The van der Waals surface area contributed by atoms with Crippen molar-refractivity contribution in [3.05, 3.63) is 29.8 Å². The van der Waals surface area contributed by atoms with Crippen LogP contribution in [0.1, 0.15) is 37.7 Å². The van der Waals surface area contributed by atoms with E-state index in [2.05, 4.69) is 15.5 Å². The van der Waals surface area contributed by atoms with Crippen LogP contribution in [0.15, 0.2) is 24.3 Å². The molecule has 1 aromatic rings. The molecule has 34 heavy (non-hydrogen) atoms. The van der Waals surface area contributed by atoms with Crippen molar-refractivity contribution in [2.75, 3.05) is 27.7 Å². The van der Waals surface area contributed by atoms with E-state index in [0.717, 1.165) is 18.4 Å². The first-order valence-electron chi connectivity index (χ1n) is 11.5. The Hall–Kier alpha value is -2.26. The van der Waals surface area contributed by atoms with Gasteiger partial charge in [0, 0.05) is 38.5 Å². The zero-order valence-electron chi connectivity index (χ0n) is 19.9. The Labute approximate surface area is 199 Å². The van der Waals surface area contributed by atoms with Gasteiger partial charge in [-0.05, 0) is 50.4 Å². The summed E-state index contributed by atoms with van der Waals surface area (Å²) in [4.78, 5) is 48.3. The summed E-state index contributed by atoms with van der Waals surface area (Å²) in [5, 5.41) is 5.37. The fraction of sp³-hybridized carbons (Fsp3) is 0.609. The average molecular weight is 496 g/mol. The van der Waals surface area contributed by atoms with Crippen molar-refractivity contribution in [3.8, 4) is 0 Å². The Morgan fingerprint density at radius 2 is 1.82 bits per heavy atom. The number of nitrogens with one attached hydrogen (secondary N) is 2. The maximum atomic E-state index is 13.1. The molecular weight excluding hydrogens is 461 g/mol. The Morgan fingerprint density at radius 1 is 1.15 bits per heavy atom. The minimum Gasteiger partial charge on any atom is -0.469 e. The van der Waals surface area contributed by atoms with Gasteiger partial charge in [0.05, 0.1) is 24.4 Å². The molecular formula is C23H34N3O7P. The number of hydrogen-bond acceptors (Lipinski definition) is 7. The Morgan fingerprint density at radius 3 is 2.47 bits per heavy atom. The highest BCUT2D eigenvalue weighted by molar-refractivity contribution is 7.61. The van der Waals surface area contributed by atoms with Gasteiger partial charge in [0.2, 0.25) is 11.8 Å². The highest BCUT2D eigenvalue weighted by Crippen LogP contribution is 2.49. The van der Waals surface area contributed by atoms with Crippen molar-refractivity contribution < 1.29 is 33.1 Å². The fourth-order valence-corrected chi connectivity index (χ4v) is 6.09. The lowest BCUT2D eigenvalue weighted by Gasteiger charge is -2.41. The molecule has 2 amide bonds. The quantitative estimate of drug-likeness (QED) is 0.319. The normalized spacial score (nSPS) is 25.9. The predicted octanol–water partition coefficient (Wildman–Crippen LogP) is 0.723. The summed E-state index contributed by atoms with van der Waals surface area (Å²) in [7, 11) is 0.650. The van der Waals surface area contributed by atoms with Crippen molar-refractivity contribution in [2.45, 2.75) is 56.7 Å². The van der Waals surface area contributed by atoms with E-state index in [1.54, 1.807) is 24.3 Å². The summed E-state index contributed by atoms with van der Waals surface area (Å²) in [6.45, 7) is 0.387. The summed E-state index contributed by atoms with van der Waals surface area (Å²) >= 11 is 0. The number of amides is 2. The summed E-state index contributed by atoms with van der Waals surface area (Å²) in [5.74, 6) is -1.43. The molecule has 0 radical (unpaired) electrons. The summed E-state index contributed by atoms with van der Waals surface area (Å²) in [6, 6.07) is 6.67. The largest absolute Gasteiger partial charge is 0.469 e. The van der Waals surface area contributed by atoms with Gasteiger partial charge in [-0.3, -0.25) is 23.8 Å². The van der Waals surface area contributed by atoms with Crippen LogP contribution < -0.4 is 15.9 Å². The SMILES string of the molecule is CNC(=O)CCC(=O)NCCc1ccc(P(=O)(O)OC2CC3CCC([C@H]2C(=O)OC)N3C)cc1. The van der Waals surface area contributed by atoms with Crippen molar-refractivity contribution in [2.24, 2.45) is 5.92 Å². The van der Waals surface area contributed by atoms with Gasteiger partial charge in [-0.25, -0.2) is 0 Å². The smallest absolute Gasteiger partial charge is 0.359 e. The molecule has 3 rings (SSSR count). The van der Waals surface area contributed by atoms with Gasteiger partial charge < -0.3 is 24.8 Å². The summed E-state index contributed by atoms with van der Waals surface area (Å²) in [5.41, 5.74) is 0.875. The van der Waals surface area contributed by atoms with Crippen LogP contribution in [-0.2, 0) is 34.6 Å². The molecule has 2 saturated heterocycles. The minimum absolute atomic E-state index is 0.0647. The van der Waals surface area contributed by atoms with E-state index in [1.165, 1.54) is 14.2 Å². The molecule has 2 aliphatic heterocycles. The molecule has 0 aromatic heterocycles.